The molecule has 1 nitrogen and oxygen atoms in total. The highest BCUT2D eigenvalue weighted by Gasteiger charge is 2.19. The van der Waals surface area contributed by atoms with Gasteiger partial charge in [-0.15, -0.1) is 0 Å². The second-order valence-electron chi connectivity index (χ2n) is 3.62. The summed E-state index contributed by atoms with van der Waals surface area (Å²) in [7, 11) is 0. The maximum Gasteiger partial charge on any atom is 0.0525 e. The molecule has 1 aliphatic rings. The van der Waals surface area contributed by atoms with E-state index in [2.05, 4.69) is 25.6 Å². The minimum absolute atomic E-state index is 0.394. The summed E-state index contributed by atoms with van der Waals surface area (Å²) in [6.07, 6.45) is 1.22. The van der Waals surface area contributed by atoms with E-state index in [0.29, 0.717) is 5.41 Å². The molecule has 0 aromatic carbocycles. The van der Waals surface area contributed by atoms with Gasteiger partial charge in [0.25, 0.3) is 0 Å². The van der Waals surface area contributed by atoms with Crippen LogP contribution < -0.4 is 0 Å². The second kappa shape index (κ2) is 3.63. The predicted octanol–water partition coefficient (Wildman–Crippen LogP) is 2.17. The number of hydrogen-bond acceptors (Lipinski definition) is 2. The smallest absolute Gasteiger partial charge is 0.0525 e. The Kier molecular flexibility index (Phi) is 3.05. The van der Waals surface area contributed by atoms with Gasteiger partial charge in [0.1, 0.15) is 0 Å². The van der Waals surface area contributed by atoms with Crippen molar-refractivity contribution >= 4 is 11.8 Å². The third-order valence-electron chi connectivity index (χ3n) is 1.56. The molecule has 0 spiro atoms. The molecule has 0 amide bonds. The normalized spacial score (nSPS) is 27.0. The van der Waals surface area contributed by atoms with Gasteiger partial charge in [-0.3, -0.25) is 0 Å². The van der Waals surface area contributed by atoms with Crippen LogP contribution in [0.15, 0.2) is 0 Å². The molecule has 0 aromatic rings. The molecular weight excluding hydrogens is 144 g/mol. The van der Waals surface area contributed by atoms with E-state index in [0.717, 1.165) is 13.2 Å². The topological polar surface area (TPSA) is 9.23 Å². The summed E-state index contributed by atoms with van der Waals surface area (Å²) in [6.45, 7) is 6.42. The second-order valence-corrected chi connectivity index (χ2v) is 4.73. The predicted molar refractivity (Wildman–Crippen MR) is 46.5 cm³/mol. The Morgan fingerprint density at radius 1 is 1.40 bits per heavy atom. The van der Waals surface area contributed by atoms with Crippen molar-refractivity contribution in [2.24, 2.45) is 5.41 Å². The maximum absolute atomic E-state index is 5.48. The SMILES string of the molecule is CC1(C)COCCCSC1. The average Bonchev–Trinajstić information content (AvgIpc) is 1.81. The Labute approximate surface area is 67.5 Å². The monoisotopic (exact) mass is 160 g/mol. The van der Waals surface area contributed by atoms with Gasteiger partial charge in [-0.1, -0.05) is 13.8 Å². The fraction of sp³-hybridized carbons (Fsp3) is 1.00. The molecule has 0 unspecified atom stereocenters. The van der Waals surface area contributed by atoms with Gasteiger partial charge in [-0.2, -0.15) is 11.8 Å². The highest BCUT2D eigenvalue weighted by Crippen LogP contribution is 2.24. The van der Waals surface area contributed by atoms with Crippen LogP contribution >= 0.6 is 11.8 Å². The fourth-order valence-electron chi connectivity index (χ4n) is 1.00. The van der Waals surface area contributed by atoms with Crippen LogP contribution in [0.2, 0.25) is 0 Å². The minimum Gasteiger partial charge on any atom is -0.381 e. The molecule has 0 saturated carbocycles. The van der Waals surface area contributed by atoms with Crippen molar-refractivity contribution in [3.63, 3.8) is 0 Å². The summed E-state index contributed by atoms with van der Waals surface area (Å²) in [5, 5.41) is 0. The zero-order valence-corrected chi connectivity index (χ0v) is 7.67. The van der Waals surface area contributed by atoms with E-state index >= 15 is 0 Å². The molecule has 10 heavy (non-hydrogen) atoms. The lowest BCUT2D eigenvalue weighted by Crippen LogP contribution is -2.24. The molecule has 1 saturated heterocycles. The number of hydrogen-bond donors (Lipinski definition) is 0. The van der Waals surface area contributed by atoms with Gasteiger partial charge in [0.15, 0.2) is 0 Å². The van der Waals surface area contributed by atoms with Crippen LogP contribution in [0.4, 0.5) is 0 Å². The first kappa shape index (κ1) is 8.41. The van der Waals surface area contributed by atoms with Crippen molar-refractivity contribution in [3.05, 3.63) is 0 Å². The van der Waals surface area contributed by atoms with E-state index in [9.17, 15) is 0 Å². The van der Waals surface area contributed by atoms with E-state index in [-0.39, 0.29) is 0 Å². The molecule has 1 aliphatic heterocycles. The van der Waals surface area contributed by atoms with Crippen LogP contribution in [0.3, 0.4) is 0 Å². The Bertz CT molecular complexity index is 91.4. The van der Waals surface area contributed by atoms with Crippen molar-refractivity contribution < 1.29 is 4.74 Å². The van der Waals surface area contributed by atoms with Crippen molar-refractivity contribution in [2.75, 3.05) is 24.7 Å². The maximum atomic E-state index is 5.48. The van der Waals surface area contributed by atoms with Gasteiger partial charge in [0.05, 0.1) is 6.61 Å². The molecule has 0 N–H and O–H groups in total. The molecule has 0 aliphatic carbocycles. The van der Waals surface area contributed by atoms with E-state index < -0.39 is 0 Å². The quantitative estimate of drug-likeness (QED) is 0.537. The first-order valence-electron chi connectivity index (χ1n) is 3.86. The number of rotatable bonds is 0. The molecule has 2 heteroatoms. The Morgan fingerprint density at radius 3 is 3.00 bits per heavy atom. The Morgan fingerprint density at radius 2 is 2.20 bits per heavy atom. The summed E-state index contributed by atoms with van der Waals surface area (Å²) in [6, 6.07) is 0. The van der Waals surface area contributed by atoms with E-state index in [4.69, 9.17) is 4.74 Å². The molecule has 0 radical (unpaired) electrons. The lowest BCUT2D eigenvalue weighted by atomic mass is 9.98. The first-order valence-corrected chi connectivity index (χ1v) is 5.02. The number of thioether (sulfide) groups is 1. The lowest BCUT2D eigenvalue weighted by molar-refractivity contribution is 0.0721. The van der Waals surface area contributed by atoms with Crippen molar-refractivity contribution in [1.82, 2.24) is 0 Å². The molecule has 0 atom stereocenters. The van der Waals surface area contributed by atoms with Gasteiger partial charge >= 0.3 is 0 Å². The summed E-state index contributed by atoms with van der Waals surface area (Å²) in [5.41, 5.74) is 0.394. The molecule has 0 bridgehead atoms. The Hall–Kier alpha value is 0.310. The molecule has 1 heterocycles. The van der Waals surface area contributed by atoms with Crippen LogP contribution in [0.25, 0.3) is 0 Å². The molecular formula is C8H16OS. The van der Waals surface area contributed by atoms with Crippen LogP contribution in [-0.4, -0.2) is 24.7 Å². The zero-order valence-electron chi connectivity index (χ0n) is 6.85. The van der Waals surface area contributed by atoms with Gasteiger partial charge in [-0.05, 0) is 17.6 Å². The first-order chi connectivity index (χ1) is 4.71. The van der Waals surface area contributed by atoms with E-state index in [1.165, 1.54) is 17.9 Å². The zero-order chi connectivity index (χ0) is 7.45. The van der Waals surface area contributed by atoms with Crippen molar-refractivity contribution in [2.45, 2.75) is 20.3 Å². The highest BCUT2D eigenvalue weighted by molar-refractivity contribution is 7.99. The van der Waals surface area contributed by atoms with E-state index in [1.54, 1.807) is 0 Å². The molecule has 60 valence electrons. The van der Waals surface area contributed by atoms with Gasteiger partial charge in [0, 0.05) is 12.4 Å². The molecule has 0 aromatic heterocycles. The summed E-state index contributed by atoms with van der Waals surface area (Å²) >= 11 is 2.06. The molecule has 1 fully saturated rings. The summed E-state index contributed by atoms with van der Waals surface area (Å²) < 4.78 is 5.48. The van der Waals surface area contributed by atoms with E-state index in [1.807, 2.05) is 0 Å². The van der Waals surface area contributed by atoms with Crippen LogP contribution in [0.5, 0.6) is 0 Å². The fourth-order valence-corrected chi connectivity index (χ4v) is 2.10. The number of ether oxygens (including phenoxy) is 1. The van der Waals surface area contributed by atoms with Crippen LogP contribution in [-0.2, 0) is 4.74 Å². The van der Waals surface area contributed by atoms with Crippen molar-refractivity contribution in [1.29, 1.82) is 0 Å². The van der Waals surface area contributed by atoms with Crippen LogP contribution in [0.1, 0.15) is 20.3 Å². The minimum atomic E-state index is 0.394. The summed E-state index contributed by atoms with van der Waals surface area (Å²) in [4.78, 5) is 0. The lowest BCUT2D eigenvalue weighted by Gasteiger charge is -2.26. The average molecular weight is 160 g/mol. The Balaban J connectivity index is 2.30. The standard InChI is InChI=1S/C8H16OS/c1-8(2)6-9-4-3-5-10-7-8/h3-7H2,1-2H3. The third kappa shape index (κ3) is 2.93. The highest BCUT2D eigenvalue weighted by atomic mass is 32.2. The third-order valence-corrected chi connectivity index (χ3v) is 3.13. The molecule has 1 rings (SSSR count). The summed E-state index contributed by atoms with van der Waals surface area (Å²) in [5.74, 6) is 2.51. The van der Waals surface area contributed by atoms with Gasteiger partial charge < -0.3 is 4.74 Å². The van der Waals surface area contributed by atoms with Crippen LogP contribution in [0, 0.1) is 5.41 Å². The van der Waals surface area contributed by atoms with Gasteiger partial charge in [-0.25, -0.2) is 0 Å². The van der Waals surface area contributed by atoms with Gasteiger partial charge in [0.2, 0.25) is 0 Å². The van der Waals surface area contributed by atoms with Crippen molar-refractivity contribution in [3.8, 4) is 0 Å². The largest absolute Gasteiger partial charge is 0.381 e.